The van der Waals surface area contributed by atoms with Crippen molar-refractivity contribution in [3.8, 4) is 0 Å². The van der Waals surface area contributed by atoms with Crippen LogP contribution in [-0.4, -0.2) is 18.4 Å². The summed E-state index contributed by atoms with van der Waals surface area (Å²) in [5.74, 6) is -0.365. The van der Waals surface area contributed by atoms with Crippen molar-refractivity contribution in [2.75, 3.05) is 12.4 Å². The van der Waals surface area contributed by atoms with Crippen molar-refractivity contribution >= 4 is 38.5 Å². The van der Waals surface area contributed by atoms with Gasteiger partial charge in [-0.05, 0) is 17.7 Å². The van der Waals surface area contributed by atoms with Crippen LogP contribution in [0.15, 0.2) is 48.1 Å². The molecule has 0 saturated heterocycles. The normalized spacial score (nSPS) is 12.4. The van der Waals surface area contributed by atoms with Gasteiger partial charge in [0.05, 0.1) is 7.11 Å². The predicted octanol–water partition coefficient (Wildman–Crippen LogP) is 3.76. The largest absolute Gasteiger partial charge is 0.466 e. The summed E-state index contributed by atoms with van der Waals surface area (Å²) < 4.78 is 4.63. The third-order valence-electron chi connectivity index (χ3n) is 2.07. The average molecular weight is 316 g/mol. The lowest BCUT2D eigenvalue weighted by molar-refractivity contribution is -0.135. The van der Waals surface area contributed by atoms with E-state index in [0.29, 0.717) is 15.9 Å². The number of allylic oxidation sites excluding steroid dienone is 2. The van der Waals surface area contributed by atoms with Crippen LogP contribution >= 0.6 is 27.5 Å². The monoisotopic (exact) mass is 314 g/mol. The third kappa shape index (κ3) is 4.36. The van der Waals surface area contributed by atoms with E-state index in [0.717, 1.165) is 5.56 Å². The van der Waals surface area contributed by atoms with Crippen LogP contribution in [0.2, 0.25) is 0 Å². The summed E-state index contributed by atoms with van der Waals surface area (Å²) >= 11 is 9.33. The van der Waals surface area contributed by atoms with Crippen molar-refractivity contribution in [1.29, 1.82) is 0 Å². The summed E-state index contributed by atoms with van der Waals surface area (Å²) in [5.41, 5.74) is 1.42. The highest BCUT2D eigenvalue weighted by Gasteiger charge is 2.06. The molecule has 0 aliphatic rings. The number of ether oxygens (including phenoxy) is 1. The molecule has 0 amide bonds. The van der Waals surface area contributed by atoms with E-state index in [9.17, 15) is 4.79 Å². The third-order valence-corrected chi connectivity index (χ3v) is 3.02. The molecule has 90 valence electrons. The van der Waals surface area contributed by atoms with Crippen LogP contribution in [0.1, 0.15) is 5.56 Å². The fourth-order valence-electron chi connectivity index (χ4n) is 1.17. The smallest absolute Gasteiger partial charge is 0.334 e. The first-order chi connectivity index (χ1) is 8.19. The van der Waals surface area contributed by atoms with Crippen molar-refractivity contribution in [3.63, 3.8) is 0 Å². The number of rotatable bonds is 4. The van der Waals surface area contributed by atoms with Gasteiger partial charge in [0, 0.05) is 15.9 Å². The summed E-state index contributed by atoms with van der Waals surface area (Å²) in [5, 5.41) is 1.00. The molecule has 0 atom stereocenters. The highest BCUT2D eigenvalue weighted by atomic mass is 79.9. The lowest BCUT2D eigenvalue weighted by Gasteiger charge is -2.00. The summed E-state index contributed by atoms with van der Waals surface area (Å²) in [6.45, 7) is 0. The van der Waals surface area contributed by atoms with Crippen LogP contribution in [0.3, 0.4) is 0 Å². The number of methoxy groups -OCH3 is 1. The van der Waals surface area contributed by atoms with Crippen LogP contribution in [0.4, 0.5) is 0 Å². The van der Waals surface area contributed by atoms with Gasteiger partial charge in [0.15, 0.2) is 0 Å². The second kappa shape index (κ2) is 7.30. The number of carbonyl (C=O) groups is 1. The fourth-order valence-corrected chi connectivity index (χ4v) is 1.77. The predicted molar refractivity (Wildman–Crippen MR) is 74.2 cm³/mol. The number of hydrogen-bond donors (Lipinski definition) is 0. The second-order valence-electron chi connectivity index (χ2n) is 3.20. The van der Waals surface area contributed by atoms with E-state index < -0.39 is 0 Å². The molecule has 0 spiro atoms. The molecule has 0 aliphatic heterocycles. The van der Waals surface area contributed by atoms with E-state index in [1.807, 2.05) is 30.3 Å². The molecule has 4 heteroatoms. The van der Waals surface area contributed by atoms with Crippen molar-refractivity contribution in [2.24, 2.45) is 0 Å². The first-order valence-electron chi connectivity index (χ1n) is 4.95. The number of esters is 1. The van der Waals surface area contributed by atoms with Gasteiger partial charge in [-0.15, -0.1) is 0 Å². The highest BCUT2D eigenvalue weighted by molar-refractivity contribution is 9.09. The molecule has 0 heterocycles. The van der Waals surface area contributed by atoms with E-state index in [-0.39, 0.29) is 5.97 Å². The number of halogens is 2. The van der Waals surface area contributed by atoms with Crippen molar-refractivity contribution < 1.29 is 9.53 Å². The molecule has 0 N–H and O–H groups in total. The van der Waals surface area contributed by atoms with Crippen LogP contribution in [-0.2, 0) is 9.53 Å². The molecule has 1 aromatic carbocycles. The van der Waals surface area contributed by atoms with Gasteiger partial charge >= 0.3 is 5.97 Å². The van der Waals surface area contributed by atoms with Crippen LogP contribution in [0, 0.1) is 0 Å². The Kier molecular flexibility index (Phi) is 6.01. The SMILES string of the molecule is COC(=O)/C(=C/C=C(\Cl)c1ccccc1)CBr. The fraction of sp³-hybridized carbons (Fsp3) is 0.154. The molecule has 2 nitrogen and oxygen atoms in total. The minimum Gasteiger partial charge on any atom is -0.466 e. The summed E-state index contributed by atoms with van der Waals surface area (Å²) in [6, 6.07) is 9.53. The maximum absolute atomic E-state index is 11.3. The molecule has 0 aromatic heterocycles. The van der Waals surface area contributed by atoms with Gasteiger partial charge in [0.1, 0.15) is 0 Å². The summed E-state index contributed by atoms with van der Waals surface area (Å²) in [4.78, 5) is 11.3. The molecule has 0 unspecified atom stereocenters. The van der Waals surface area contributed by atoms with Crippen LogP contribution < -0.4 is 0 Å². The zero-order chi connectivity index (χ0) is 12.7. The van der Waals surface area contributed by atoms with Crippen molar-refractivity contribution in [3.05, 3.63) is 53.6 Å². The number of hydrogen-bond acceptors (Lipinski definition) is 2. The Morgan fingerprint density at radius 2 is 2.00 bits per heavy atom. The van der Waals surface area contributed by atoms with Gasteiger partial charge < -0.3 is 4.74 Å². The van der Waals surface area contributed by atoms with Crippen LogP contribution in [0.5, 0.6) is 0 Å². The molecule has 1 aromatic rings. The number of carbonyl (C=O) groups excluding carboxylic acids is 1. The van der Waals surface area contributed by atoms with Crippen molar-refractivity contribution in [2.45, 2.75) is 0 Å². The van der Waals surface area contributed by atoms with Gasteiger partial charge in [-0.25, -0.2) is 4.79 Å². The van der Waals surface area contributed by atoms with Gasteiger partial charge in [-0.1, -0.05) is 57.9 Å². The lowest BCUT2D eigenvalue weighted by Crippen LogP contribution is -2.05. The Balaban J connectivity index is 2.89. The minimum atomic E-state index is -0.365. The highest BCUT2D eigenvalue weighted by Crippen LogP contribution is 2.18. The molecule has 1 rings (SSSR count). The molecule has 0 aliphatic carbocycles. The van der Waals surface area contributed by atoms with E-state index in [4.69, 9.17) is 11.6 Å². The van der Waals surface area contributed by atoms with Gasteiger partial charge in [-0.2, -0.15) is 0 Å². The van der Waals surface area contributed by atoms with Gasteiger partial charge in [0.25, 0.3) is 0 Å². The van der Waals surface area contributed by atoms with E-state index in [1.54, 1.807) is 12.2 Å². The average Bonchev–Trinajstić information content (AvgIpc) is 2.39. The van der Waals surface area contributed by atoms with E-state index in [1.165, 1.54) is 7.11 Å². The van der Waals surface area contributed by atoms with E-state index in [2.05, 4.69) is 20.7 Å². The minimum absolute atomic E-state index is 0.365. The van der Waals surface area contributed by atoms with Crippen molar-refractivity contribution in [1.82, 2.24) is 0 Å². The number of alkyl halides is 1. The summed E-state index contributed by atoms with van der Waals surface area (Å²) in [7, 11) is 1.35. The maximum atomic E-state index is 11.3. The molecule has 0 radical (unpaired) electrons. The Morgan fingerprint density at radius 3 is 2.53 bits per heavy atom. The second-order valence-corrected chi connectivity index (χ2v) is 4.17. The van der Waals surface area contributed by atoms with Crippen LogP contribution in [0.25, 0.3) is 5.03 Å². The van der Waals surface area contributed by atoms with E-state index >= 15 is 0 Å². The number of benzene rings is 1. The zero-order valence-corrected chi connectivity index (χ0v) is 11.7. The Hall–Kier alpha value is -1.06. The van der Waals surface area contributed by atoms with Gasteiger partial charge in [-0.3, -0.25) is 0 Å². The molecule has 17 heavy (non-hydrogen) atoms. The molecule has 0 saturated carbocycles. The molecule has 0 fully saturated rings. The standard InChI is InChI=1S/C13H12BrClO2/c1-17-13(16)11(9-14)7-8-12(15)10-5-3-2-4-6-10/h2-8H,9H2,1H3/b11-7+,12-8-. The lowest BCUT2D eigenvalue weighted by atomic mass is 10.2. The first-order valence-corrected chi connectivity index (χ1v) is 6.45. The Morgan fingerprint density at radius 1 is 1.35 bits per heavy atom. The first kappa shape index (κ1) is 14.0. The maximum Gasteiger partial charge on any atom is 0.334 e. The quantitative estimate of drug-likeness (QED) is 0.366. The Bertz CT molecular complexity index is 438. The zero-order valence-electron chi connectivity index (χ0n) is 9.32. The Labute approximate surface area is 114 Å². The molecular weight excluding hydrogens is 303 g/mol. The molecule has 0 bridgehead atoms. The topological polar surface area (TPSA) is 26.3 Å². The summed E-state index contributed by atoms with van der Waals surface area (Å²) in [6.07, 6.45) is 3.33. The van der Waals surface area contributed by atoms with Gasteiger partial charge in [0.2, 0.25) is 0 Å². The molecular formula is C13H12BrClO2.